The van der Waals surface area contributed by atoms with E-state index < -0.39 is 22.7 Å². The molecule has 0 aromatic heterocycles. The largest absolute Gasteiger partial charge is 0.390 e. The minimum absolute atomic E-state index is 0.0246. The van der Waals surface area contributed by atoms with E-state index in [1.54, 1.807) is 0 Å². The molecule has 1 aliphatic heterocycles. The highest BCUT2D eigenvalue weighted by molar-refractivity contribution is 6.52. The van der Waals surface area contributed by atoms with Crippen molar-refractivity contribution in [3.8, 4) is 0 Å². The summed E-state index contributed by atoms with van der Waals surface area (Å²) in [5, 5.41) is 20.1. The second-order valence-electron chi connectivity index (χ2n) is 4.09. The zero-order valence-corrected chi connectivity index (χ0v) is 9.78. The van der Waals surface area contributed by atoms with Crippen LogP contribution in [0.3, 0.4) is 0 Å². The van der Waals surface area contributed by atoms with Crippen molar-refractivity contribution in [1.29, 1.82) is 0 Å². The number of non-ortho nitro benzene ring substituents is 1. The van der Waals surface area contributed by atoms with Crippen LogP contribution < -0.4 is 10.6 Å². The highest BCUT2D eigenvalue weighted by Gasteiger charge is 2.37. The van der Waals surface area contributed by atoms with E-state index in [0.717, 1.165) is 11.0 Å². The standard InChI is InChI=1S/C11H11N3O5/c12-4-7(15)5-13-9-2-1-6(14(18)19)3-8(9)10(16)11(13)17/h1-3,7,15H,4-5,12H2. The van der Waals surface area contributed by atoms with E-state index in [1.807, 2.05) is 0 Å². The van der Waals surface area contributed by atoms with Gasteiger partial charge < -0.3 is 15.7 Å². The molecule has 3 N–H and O–H groups in total. The molecule has 0 saturated carbocycles. The topological polar surface area (TPSA) is 127 Å². The van der Waals surface area contributed by atoms with E-state index in [9.17, 15) is 24.8 Å². The lowest BCUT2D eigenvalue weighted by Crippen LogP contribution is -2.39. The van der Waals surface area contributed by atoms with Crippen molar-refractivity contribution in [2.75, 3.05) is 18.0 Å². The van der Waals surface area contributed by atoms with E-state index in [2.05, 4.69) is 0 Å². The van der Waals surface area contributed by atoms with Gasteiger partial charge >= 0.3 is 0 Å². The number of carbonyl (C=O) groups is 2. The van der Waals surface area contributed by atoms with Gasteiger partial charge in [0.05, 0.1) is 28.8 Å². The van der Waals surface area contributed by atoms with E-state index in [-0.39, 0.29) is 30.0 Å². The monoisotopic (exact) mass is 265 g/mol. The first kappa shape index (κ1) is 13.1. The Labute approximate surface area is 107 Å². The molecular formula is C11H11N3O5. The van der Waals surface area contributed by atoms with Gasteiger partial charge in [-0.2, -0.15) is 0 Å². The zero-order valence-electron chi connectivity index (χ0n) is 9.78. The molecule has 1 atom stereocenters. The number of carbonyl (C=O) groups excluding carboxylic acids is 2. The molecule has 1 aromatic rings. The second-order valence-corrected chi connectivity index (χ2v) is 4.09. The number of rotatable bonds is 4. The van der Waals surface area contributed by atoms with Crippen LogP contribution in [0.15, 0.2) is 18.2 Å². The lowest BCUT2D eigenvalue weighted by atomic mass is 10.1. The molecule has 0 saturated heterocycles. The summed E-state index contributed by atoms with van der Waals surface area (Å²) in [5.74, 6) is -1.63. The number of aliphatic hydroxyl groups is 1. The molecule has 8 heteroatoms. The van der Waals surface area contributed by atoms with Crippen molar-refractivity contribution in [2.24, 2.45) is 5.73 Å². The number of hydrogen-bond acceptors (Lipinski definition) is 6. The molecule has 0 bridgehead atoms. The Morgan fingerprint density at radius 1 is 1.42 bits per heavy atom. The quantitative estimate of drug-likeness (QED) is 0.427. The lowest BCUT2D eigenvalue weighted by Gasteiger charge is -2.19. The summed E-state index contributed by atoms with van der Waals surface area (Å²) in [4.78, 5) is 34.5. The minimum atomic E-state index is -0.960. The van der Waals surface area contributed by atoms with Crippen molar-refractivity contribution < 1.29 is 19.6 Å². The number of amides is 1. The number of hydrogen-bond donors (Lipinski definition) is 2. The molecule has 0 fully saturated rings. The van der Waals surface area contributed by atoms with Gasteiger partial charge in [-0.25, -0.2) is 0 Å². The van der Waals surface area contributed by atoms with Crippen molar-refractivity contribution in [3.05, 3.63) is 33.9 Å². The number of nitro benzene ring substituents is 1. The Morgan fingerprint density at radius 2 is 2.11 bits per heavy atom. The number of aliphatic hydroxyl groups excluding tert-OH is 1. The van der Waals surface area contributed by atoms with Crippen molar-refractivity contribution in [2.45, 2.75) is 6.10 Å². The number of nitro groups is 1. The number of anilines is 1. The minimum Gasteiger partial charge on any atom is -0.390 e. The van der Waals surface area contributed by atoms with E-state index in [0.29, 0.717) is 0 Å². The second kappa shape index (κ2) is 4.75. The van der Waals surface area contributed by atoms with Gasteiger partial charge in [0.1, 0.15) is 0 Å². The number of fused-ring (bicyclic) bond motifs is 1. The number of β-amino-alcohol motifs (C(OH)–C–C–N with tert-alkyl or cyclic N) is 1. The first-order chi connectivity index (χ1) is 8.95. The molecule has 0 radical (unpaired) electrons. The van der Waals surface area contributed by atoms with Crippen LogP contribution in [0.1, 0.15) is 10.4 Å². The highest BCUT2D eigenvalue weighted by atomic mass is 16.6. The molecule has 1 aromatic carbocycles. The molecule has 1 unspecified atom stereocenters. The summed E-state index contributed by atoms with van der Waals surface area (Å²) in [6.07, 6.45) is -0.960. The first-order valence-electron chi connectivity index (χ1n) is 5.48. The van der Waals surface area contributed by atoms with E-state index in [1.165, 1.54) is 12.1 Å². The van der Waals surface area contributed by atoms with Crippen LogP contribution in [-0.4, -0.2) is 40.9 Å². The third-order valence-electron chi connectivity index (χ3n) is 2.83. The molecule has 100 valence electrons. The molecule has 1 amide bonds. The third kappa shape index (κ3) is 2.18. The fourth-order valence-electron chi connectivity index (χ4n) is 1.87. The summed E-state index contributed by atoms with van der Waals surface area (Å²) < 4.78 is 0. The number of ketones is 1. The summed E-state index contributed by atoms with van der Waals surface area (Å²) in [6, 6.07) is 3.58. The molecule has 8 nitrogen and oxygen atoms in total. The molecule has 19 heavy (non-hydrogen) atoms. The van der Waals surface area contributed by atoms with Crippen LogP contribution >= 0.6 is 0 Å². The van der Waals surface area contributed by atoms with Crippen LogP contribution in [0.25, 0.3) is 0 Å². The maximum absolute atomic E-state index is 11.7. The van der Waals surface area contributed by atoms with Crippen LogP contribution in [0.4, 0.5) is 11.4 Å². The number of nitrogens with two attached hydrogens (primary N) is 1. The number of benzene rings is 1. The summed E-state index contributed by atoms with van der Waals surface area (Å²) in [5.41, 5.74) is 5.22. The Morgan fingerprint density at radius 3 is 2.68 bits per heavy atom. The molecule has 2 rings (SSSR count). The van der Waals surface area contributed by atoms with Crippen LogP contribution in [0.5, 0.6) is 0 Å². The Balaban J connectivity index is 2.41. The van der Waals surface area contributed by atoms with Gasteiger partial charge in [-0.05, 0) is 6.07 Å². The smallest absolute Gasteiger partial charge is 0.299 e. The van der Waals surface area contributed by atoms with Gasteiger partial charge in [0, 0.05) is 18.7 Å². The predicted molar refractivity (Wildman–Crippen MR) is 64.8 cm³/mol. The normalized spacial score (nSPS) is 15.6. The van der Waals surface area contributed by atoms with Crippen molar-refractivity contribution >= 4 is 23.1 Å². The summed E-state index contributed by atoms with van der Waals surface area (Å²) in [7, 11) is 0. The average molecular weight is 265 g/mol. The van der Waals surface area contributed by atoms with Crippen LogP contribution in [0.2, 0.25) is 0 Å². The van der Waals surface area contributed by atoms with Gasteiger partial charge in [0.15, 0.2) is 0 Å². The highest BCUT2D eigenvalue weighted by Crippen LogP contribution is 2.31. The van der Waals surface area contributed by atoms with Gasteiger partial charge in [0.25, 0.3) is 17.4 Å². The molecular weight excluding hydrogens is 254 g/mol. The molecule has 1 heterocycles. The lowest BCUT2D eigenvalue weighted by molar-refractivity contribution is -0.384. The number of nitrogens with zero attached hydrogens (tertiary/aromatic N) is 2. The third-order valence-corrected chi connectivity index (χ3v) is 2.83. The fraction of sp³-hybridized carbons (Fsp3) is 0.273. The molecule has 0 aliphatic carbocycles. The van der Waals surface area contributed by atoms with Crippen molar-refractivity contribution in [1.82, 2.24) is 0 Å². The maximum Gasteiger partial charge on any atom is 0.299 e. The van der Waals surface area contributed by atoms with Crippen molar-refractivity contribution in [3.63, 3.8) is 0 Å². The van der Waals surface area contributed by atoms with Gasteiger partial charge in [-0.3, -0.25) is 19.7 Å². The Bertz CT molecular complexity index is 571. The van der Waals surface area contributed by atoms with Crippen LogP contribution in [-0.2, 0) is 4.79 Å². The molecule has 0 spiro atoms. The van der Waals surface area contributed by atoms with Gasteiger partial charge in [-0.1, -0.05) is 0 Å². The van der Waals surface area contributed by atoms with E-state index in [4.69, 9.17) is 5.73 Å². The Kier molecular flexibility index (Phi) is 3.28. The zero-order chi connectivity index (χ0) is 14.2. The van der Waals surface area contributed by atoms with Gasteiger partial charge in [0.2, 0.25) is 0 Å². The Hall–Kier alpha value is -2.32. The fourth-order valence-corrected chi connectivity index (χ4v) is 1.87. The summed E-state index contributed by atoms with van der Waals surface area (Å²) >= 11 is 0. The summed E-state index contributed by atoms with van der Waals surface area (Å²) in [6.45, 7) is -0.174. The average Bonchev–Trinajstić information content (AvgIpc) is 2.63. The molecule has 1 aliphatic rings. The van der Waals surface area contributed by atoms with E-state index >= 15 is 0 Å². The van der Waals surface area contributed by atoms with Crippen LogP contribution in [0, 0.1) is 10.1 Å². The predicted octanol–water partition coefficient (Wildman–Crippen LogP) is -0.556. The van der Waals surface area contributed by atoms with Gasteiger partial charge in [-0.15, -0.1) is 0 Å². The SMILES string of the molecule is NCC(O)CN1C(=O)C(=O)c2cc([N+](=O)[O-])ccc21. The number of Topliss-reactive ketones (excluding diaryl/α,β-unsaturated/α-hetero) is 1. The first-order valence-corrected chi connectivity index (χ1v) is 5.48. The maximum atomic E-state index is 11.7.